The quantitative estimate of drug-likeness (QED) is 0.422. The van der Waals surface area contributed by atoms with Crippen LogP contribution in [0, 0.1) is 0 Å². The average molecular weight is 445 g/mol. The first kappa shape index (κ1) is 20.6. The van der Waals surface area contributed by atoms with Gasteiger partial charge in [0.15, 0.2) is 5.82 Å². The lowest BCUT2D eigenvalue weighted by molar-refractivity contribution is 0.413. The number of benzene rings is 3. The molecule has 0 N–H and O–H groups in total. The van der Waals surface area contributed by atoms with E-state index in [0.717, 1.165) is 71.3 Å². The highest BCUT2D eigenvalue weighted by Gasteiger charge is 2.22. The van der Waals surface area contributed by atoms with Crippen LogP contribution in [0.2, 0.25) is 5.02 Å². The molecular weight excluding hydrogens is 420 g/mol. The minimum atomic E-state index is 0.729. The molecule has 0 atom stereocenters. The molecule has 0 amide bonds. The summed E-state index contributed by atoms with van der Waals surface area (Å²) < 4.78 is 5.55. The van der Waals surface area contributed by atoms with Crippen molar-refractivity contribution < 1.29 is 4.74 Å². The number of methoxy groups -OCH3 is 1. The standard InChI is InChI=1S/C26H25ClN4O/c1-32-25-9-5-4-8-24(25)30-14-16-31(17-15-30)26-22-7-3-2-6-21(22)23(28-29-26)18-19-10-12-20(27)13-11-19/h2-13H,14-18H2,1H3. The summed E-state index contributed by atoms with van der Waals surface area (Å²) in [6.07, 6.45) is 0.729. The second-order valence-electron chi connectivity index (χ2n) is 7.97. The van der Waals surface area contributed by atoms with Crippen LogP contribution in [-0.4, -0.2) is 43.5 Å². The average Bonchev–Trinajstić information content (AvgIpc) is 2.86. The molecule has 2 heterocycles. The zero-order chi connectivity index (χ0) is 21.9. The van der Waals surface area contributed by atoms with Crippen molar-refractivity contribution in [2.75, 3.05) is 43.1 Å². The van der Waals surface area contributed by atoms with Gasteiger partial charge in [-0.05, 0) is 29.8 Å². The third-order valence-electron chi connectivity index (χ3n) is 6.03. The van der Waals surface area contributed by atoms with Crippen LogP contribution in [0.4, 0.5) is 11.5 Å². The highest BCUT2D eigenvalue weighted by molar-refractivity contribution is 6.30. The van der Waals surface area contributed by atoms with Gasteiger partial charge < -0.3 is 14.5 Å². The fourth-order valence-corrected chi connectivity index (χ4v) is 4.48. The summed E-state index contributed by atoms with van der Waals surface area (Å²) in [7, 11) is 1.72. The molecule has 32 heavy (non-hydrogen) atoms. The van der Waals surface area contributed by atoms with Crippen LogP contribution >= 0.6 is 11.6 Å². The fraction of sp³-hybridized carbons (Fsp3) is 0.231. The number of rotatable bonds is 5. The topological polar surface area (TPSA) is 41.5 Å². The molecule has 1 aromatic heterocycles. The molecule has 0 saturated carbocycles. The predicted molar refractivity (Wildman–Crippen MR) is 131 cm³/mol. The van der Waals surface area contributed by atoms with Gasteiger partial charge in [0.2, 0.25) is 0 Å². The van der Waals surface area contributed by atoms with Crippen LogP contribution in [0.1, 0.15) is 11.3 Å². The van der Waals surface area contributed by atoms with Gasteiger partial charge in [-0.2, -0.15) is 5.10 Å². The van der Waals surface area contributed by atoms with E-state index in [1.54, 1.807) is 7.11 Å². The zero-order valence-corrected chi connectivity index (χ0v) is 18.8. The van der Waals surface area contributed by atoms with Crippen LogP contribution in [0.15, 0.2) is 72.8 Å². The first-order chi connectivity index (χ1) is 15.7. The van der Waals surface area contributed by atoms with Gasteiger partial charge >= 0.3 is 0 Å². The smallest absolute Gasteiger partial charge is 0.159 e. The van der Waals surface area contributed by atoms with Crippen molar-refractivity contribution in [1.82, 2.24) is 10.2 Å². The highest BCUT2D eigenvalue weighted by atomic mass is 35.5. The van der Waals surface area contributed by atoms with Gasteiger partial charge in [-0.3, -0.25) is 0 Å². The Kier molecular flexibility index (Phi) is 5.82. The summed E-state index contributed by atoms with van der Waals surface area (Å²) in [4.78, 5) is 4.72. The lowest BCUT2D eigenvalue weighted by Crippen LogP contribution is -2.47. The van der Waals surface area contributed by atoms with E-state index in [0.29, 0.717) is 0 Å². The van der Waals surface area contributed by atoms with Crippen LogP contribution in [0.25, 0.3) is 10.8 Å². The van der Waals surface area contributed by atoms with Crippen molar-refractivity contribution in [3.05, 3.63) is 89.1 Å². The van der Waals surface area contributed by atoms with E-state index in [1.807, 2.05) is 36.4 Å². The Balaban J connectivity index is 1.39. The van der Waals surface area contributed by atoms with Crippen molar-refractivity contribution >= 4 is 33.9 Å². The number of para-hydroxylation sites is 2. The second kappa shape index (κ2) is 9.05. The van der Waals surface area contributed by atoms with Gasteiger partial charge in [-0.15, -0.1) is 5.10 Å². The molecule has 0 radical (unpaired) electrons. The van der Waals surface area contributed by atoms with Gasteiger partial charge in [-0.1, -0.05) is 60.1 Å². The minimum Gasteiger partial charge on any atom is -0.495 e. The third kappa shape index (κ3) is 4.08. The molecule has 0 unspecified atom stereocenters. The summed E-state index contributed by atoms with van der Waals surface area (Å²) in [5.41, 5.74) is 3.30. The van der Waals surface area contributed by atoms with E-state index in [2.05, 4.69) is 56.4 Å². The molecule has 0 spiro atoms. The van der Waals surface area contributed by atoms with Crippen LogP contribution in [0.3, 0.4) is 0 Å². The summed E-state index contributed by atoms with van der Waals surface area (Å²) >= 11 is 6.04. The normalized spacial score (nSPS) is 14.1. The molecule has 0 aliphatic carbocycles. The SMILES string of the molecule is COc1ccccc1N1CCN(c2nnc(Cc3ccc(Cl)cc3)c3ccccc23)CC1. The van der Waals surface area contributed by atoms with Gasteiger partial charge in [0, 0.05) is 48.4 Å². The molecule has 3 aromatic carbocycles. The van der Waals surface area contributed by atoms with Crippen molar-refractivity contribution in [2.45, 2.75) is 6.42 Å². The number of fused-ring (bicyclic) bond motifs is 1. The van der Waals surface area contributed by atoms with Crippen LogP contribution in [0.5, 0.6) is 5.75 Å². The largest absolute Gasteiger partial charge is 0.495 e. The maximum absolute atomic E-state index is 6.04. The number of hydrogen-bond donors (Lipinski definition) is 0. The number of hydrogen-bond acceptors (Lipinski definition) is 5. The van der Waals surface area contributed by atoms with Crippen LogP contribution < -0.4 is 14.5 Å². The minimum absolute atomic E-state index is 0.729. The molecule has 6 heteroatoms. The third-order valence-corrected chi connectivity index (χ3v) is 6.29. The van der Waals surface area contributed by atoms with Gasteiger partial charge in [0.05, 0.1) is 18.5 Å². The first-order valence-corrected chi connectivity index (χ1v) is 11.2. The molecular formula is C26H25ClN4O. The molecule has 0 bridgehead atoms. The van der Waals surface area contributed by atoms with Crippen molar-refractivity contribution in [2.24, 2.45) is 0 Å². The highest BCUT2D eigenvalue weighted by Crippen LogP contribution is 2.31. The summed E-state index contributed by atoms with van der Waals surface area (Å²) in [6.45, 7) is 3.58. The lowest BCUT2D eigenvalue weighted by Gasteiger charge is -2.37. The van der Waals surface area contributed by atoms with Gasteiger partial charge in [0.25, 0.3) is 0 Å². The number of halogens is 1. The molecule has 162 valence electrons. The van der Waals surface area contributed by atoms with Crippen molar-refractivity contribution in [1.29, 1.82) is 0 Å². The van der Waals surface area contributed by atoms with E-state index in [-0.39, 0.29) is 0 Å². The van der Waals surface area contributed by atoms with E-state index in [4.69, 9.17) is 16.3 Å². The molecule has 1 aliphatic rings. The zero-order valence-electron chi connectivity index (χ0n) is 18.0. The maximum Gasteiger partial charge on any atom is 0.159 e. The van der Waals surface area contributed by atoms with E-state index >= 15 is 0 Å². The van der Waals surface area contributed by atoms with Crippen molar-refractivity contribution in [3.8, 4) is 5.75 Å². The number of ether oxygens (including phenoxy) is 1. The van der Waals surface area contributed by atoms with Gasteiger partial charge in [-0.25, -0.2) is 0 Å². The second-order valence-corrected chi connectivity index (χ2v) is 8.40. The lowest BCUT2D eigenvalue weighted by atomic mass is 10.0. The molecule has 4 aromatic rings. The summed E-state index contributed by atoms with van der Waals surface area (Å²) in [5.74, 6) is 1.87. The summed E-state index contributed by atoms with van der Waals surface area (Å²) in [6, 6.07) is 24.6. The number of piperazine rings is 1. The Morgan fingerprint density at radius 2 is 1.44 bits per heavy atom. The monoisotopic (exact) mass is 444 g/mol. The summed E-state index contributed by atoms with van der Waals surface area (Å²) in [5, 5.41) is 12.4. The maximum atomic E-state index is 6.04. The number of nitrogens with zero attached hydrogens (tertiary/aromatic N) is 4. The van der Waals surface area contributed by atoms with E-state index < -0.39 is 0 Å². The van der Waals surface area contributed by atoms with E-state index in [9.17, 15) is 0 Å². The number of anilines is 2. The fourth-order valence-electron chi connectivity index (χ4n) is 4.36. The Hall–Kier alpha value is -3.31. The molecule has 1 saturated heterocycles. The molecule has 5 rings (SSSR count). The first-order valence-electron chi connectivity index (χ1n) is 10.8. The van der Waals surface area contributed by atoms with E-state index in [1.165, 1.54) is 5.56 Å². The predicted octanol–water partition coefficient (Wildman–Crippen LogP) is 5.21. The molecule has 5 nitrogen and oxygen atoms in total. The molecule has 1 fully saturated rings. The van der Waals surface area contributed by atoms with Crippen molar-refractivity contribution in [3.63, 3.8) is 0 Å². The Bertz CT molecular complexity index is 1220. The molecule has 1 aliphatic heterocycles. The Morgan fingerprint density at radius 3 is 2.19 bits per heavy atom. The Labute approximate surface area is 193 Å². The van der Waals surface area contributed by atoms with Crippen LogP contribution in [-0.2, 0) is 6.42 Å². The van der Waals surface area contributed by atoms with Gasteiger partial charge in [0.1, 0.15) is 5.75 Å². The Morgan fingerprint density at radius 1 is 0.781 bits per heavy atom. The number of aromatic nitrogens is 2.